The van der Waals surface area contributed by atoms with E-state index in [0.717, 1.165) is 111 Å². The first-order valence-electron chi connectivity index (χ1n) is 54.3. The minimum absolute atomic E-state index is 0.0248. The first-order valence-corrected chi connectivity index (χ1v) is 60.8. The number of carbonyl (C=O) groups excluding carboxylic acids is 4. The molecular formula is C114H174B2Br2N4O8S6. The van der Waals surface area contributed by atoms with Crippen molar-refractivity contribution in [2.45, 2.75) is 455 Å². The minimum atomic E-state index is -0.332. The summed E-state index contributed by atoms with van der Waals surface area (Å²) in [6.07, 6.45) is 59.6. The molecule has 4 unspecified atom stereocenters. The first-order chi connectivity index (χ1) is 65.5. The minimum Gasteiger partial charge on any atom is -0.399 e. The Kier molecular flexibility index (Phi) is 48.3. The van der Waals surface area contributed by atoms with Crippen molar-refractivity contribution in [3.8, 4) is 9.75 Å². The van der Waals surface area contributed by atoms with E-state index in [1.54, 1.807) is 56.7 Å². The average Bonchev–Trinajstić information content (AvgIpc) is 1.24. The molecule has 4 atom stereocenters. The van der Waals surface area contributed by atoms with Crippen LogP contribution in [0.3, 0.4) is 0 Å². The number of rotatable bonds is 63. The molecule has 136 heavy (non-hydrogen) atoms. The third-order valence-corrected chi connectivity index (χ3v) is 37.6. The van der Waals surface area contributed by atoms with Crippen molar-refractivity contribution >= 4 is 170 Å². The molecule has 0 aromatic carbocycles. The van der Waals surface area contributed by atoms with Gasteiger partial charge in [0.25, 0.3) is 23.6 Å². The zero-order valence-corrected chi connectivity index (χ0v) is 95.5. The molecule has 12 rings (SSSR count). The van der Waals surface area contributed by atoms with E-state index in [2.05, 4.69) is 227 Å². The summed E-state index contributed by atoms with van der Waals surface area (Å²) in [5.41, 5.74) is 4.77. The Balaban J connectivity index is 0.000000229. The van der Waals surface area contributed by atoms with Gasteiger partial charge in [-0.1, -0.05) is 324 Å². The van der Waals surface area contributed by atoms with Crippen LogP contribution in [0.4, 0.5) is 0 Å². The predicted molar refractivity (Wildman–Crippen MR) is 597 cm³/mol. The van der Waals surface area contributed by atoms with Crippen LogP contribution in [-0.4, -0.2) is 106 Å². The molecule has 0 bridgehead atoms. The van der Waals surface area contributed by atoms with Gasteiger partial charge in [-0.25, -0.2) is 0 Å². The number of nitrogens with zero attached hydrogens (tertiary/aromatic N) is 4. The Bertz CT molecular complexity index is 4590. The molecule has 6 aromatic heterocycles. The van der Waals surface area contributed by atoms with E-state index in [9.17, 15) is 0 Å². The molecular weight excluding hydrogens is 1930 g/mol. The lowest BCUT2D eigenvalue weighted by atomic mass is 9.86. The van der Waals surface area contributed by atoms with Gasteiger partial charge in [-0.3, -0.25) is 19.2 Å². The summed E-state index contributed by atoms with van der Waals surface area (Å²) in [6, 6.07) is 25.6. The van der Waals surface area contributed by atoms with Gasteiger partial charge in [-0.2, -0.15) is 11.3 Å². The van der Waals surface area contributed by atoms with Gasteiger partial charge in [0.15, 0.2) is 0 Å². The third kappa shape index (κ3) is 32.0. The number of unbranched alkanes of at least 4 members (excludes halogenated alkanes) is 32. The van der Waals surface area contributed by atoms with Gasteiger partial charge in [0, 0.05) is 55.2 Å². The van der Waals surface area contributed by atoms with Gasteiger partial charge in [-0.05, 0) is 237 Å². The molecule has 4 amide bonds. The van der Waals surface area contributed by atoms with Gasteiger partial charge < -0.3 is 38.2 Å². The van der Waals surface area contributed by atoms with Crippen molar-refractivity contribution in [3.63, 3.8) is 0 Å². The molecule has 6 aliphatic heterocycles. The summed E-state index contributed by atoms with van der Waals surface area (Å²) in [7, 11) is -0.664. The standard InChI is InChI=1S/C52H78N2O2S3.C46H70Br2N2O2S2.C16H26B2O4S/c1-7-11-15-19-21-25-29-41(27-23-17-13-9-3)37-53-49(45-34-32-40(6)58-45)47-48(52(53)56)50(46-36-35-44(59-46)43-33-31-39(5)57-43)54(51(47)55)38-42(28-24-18-14-10-4)30-26-22-20-16-12-8-2;1-5-9-13-17-19-23-27-35(25-21-15-11-7-3)33-49-43(37-29-31-39(47)53-37)41-42(45(49)51)44(38-30-32-40(48)54-38)50(46(41)52)34-36(26-22-16-12-8-4)28-24-20-18-14-10-6-2;1-13(2)14(3,4)20-17(19-13)11-9-10-12(23-11)18-21-15(5,6)16(7,8)22-18/h31-36,41-42H,7-30,37-38H2,1-6H3;29-32,35-36H,5-28,33-34H2,1-4H3;9-10H,1-8H3. The molecule has 2 saturated heterocycles. The molecule has 2 fully saturated rings. The third-order valence-electron chi connectivity index (χ3n) is 29.9. The van der Waals surface area contributed by atoms with Crippen molar-refractivity contribution in [3.05, 3.63) is 132 Å². The molecule has 0 aliphatic carbocycles. The van der Waals surface area contributed by atoms with E-state index in [1.807, 2.05) is 33.3 Å². The quantitative estimate of drug-likeness (QED) is 0.0274. The van der Waals surface area contributed by atoms with Crippen LogP contribution in [0, 0.1) is 37.5 Å². The highest BCUT2D eigenvalue weighted by molar-refractivity contribution is 9.11. The maximum absolute atomic E-state index is 15.4. The van der Waals surface area contributed by atoms with E-state index < -0.39 is 0 Å². The van der Waals surface area contributed by atoms with Crippen LogP contribution in [0.25, 0.3) is 32.5 Å². The number of halogens is 2. The SMILES string of the molecule is CC1(C)OB(c2ccc(B3OC(C)(C)C(C)(C)O3)s2)OC1(C)C.CCCCCCCCC(CCCCCC)CN1C(=O)C2=C(c3ccc(-c4ccc(C)s4)s3)N(CC(CCCCCC)CCCCCCCC)C(=O)C2=C1c1ccc(C)s1.CCCCCCCCC(CCCCCC)CN1C(=O)C2=C(c3ccc(Br)s3)N(CC(CCCCCC)CCCCCCCC)C(=O)C2=C1c1ccc(Br)s1. The first kappa shape index (κ1) is 114. The number of thiophene rings is 6. The van der Waals surface area contributed by atoms with E-state index in [4.69, 9.17) is 18.6 Å². The van der Waals surface area contributed by atoms with Gasteiger partial charge >= 0.3 is 14.2 Å². The zero-order chi connectivity index (χ0) is 98.0. The topological polar surface area (TPSA) is 118 Å². The molecule has 754 valence electrons. The normalized spacial score (nSPS) is 17.6. The molecule has 6 aliphatic rings. The number of carbonyl (C=O) groups is 4. The molecule has 12 heterocycles. The summed E-state index contributed by atoms with van der Waals surface area (Å²) in [5, 5.41) is 0. The lowest BCUT2D eigenvalue weighted by Gasteiger charge is -2.32. The predicted octanol–water partition coefficient (Wildman–Crippen LogP) is 34.8. The molecule has 0 N–H and O–H groups in total. The largest absolute Gasteiger partial charge is 0.505 e. The fourth-order valence-corrected chi connectivity index (χ4v) is 27.1. The Morgan fingerprint density at radius 3 is 0.691 bits per heavy atom. The van der Waals surface area contributed by atoms with Gasteiger partial charge in [0.1, 0.15) is 0 Å². The summed E-state index contributed by atoms with van der Waals surface area (Å²) < 4.78 is 28.6. The fourth-order valence-electron chi connectivity index (χ4n) is 20.3. The zero-order valence-electron chi connectivity index (χ0n) is 87.4. The Morgan fingerprint density at radius 2 is 0.456 bits per heavy atom. The number of aryl methyl sites for hydroxylation is 2. The smallest absolute Gasteiger partial charge is 0.399 e. The Labute approximate surface area is 866 Å². The fraction of sp³-hybridized carbons (Fsp3) is 0.684. The number of fused-ring (bicyclic) bond motifs is 2. The lowest BCUT2D eigenvalue weighted by molar-refractivity contribution is -0.124. The van der Waals surface area contributed by atoms with Crippen LogP contribution >= 0.6 is 99.9 Å². The lowest BCUT2D eigenvalue weighted by Crippen LogP contribution is -2.41. The van der Waals surface area contributed by atoms with Crippen LogP contribution in [0.1, 0.15) is 448 Å². The molecule has 22 heteroatoms. The van der Waals surface area contributed by atoms with Crippen molar-refractivity contribution in [2.75, 3.05) is 26.2 Å². The highest BCUT2D eigenvalue weighted by atomic mass is 79.9. The van der Waals surface area contributed by atoms with Crippen LogP contribution < -0.4 is 9.55 Å². The second-order valence-corrected chi connectivity index (χ2v) is 52.0. The van der Waals surface area contributed by atoms with Crippen molar-refractivity contribution < 1.29 is 37.8 Å². The number of hydrogen-bond acceptors (Lipinski definition) is 14. The van der Waals surface area contributed by atoms with Crippen molar-refractivity contribution in [2.24, 2.45) is 23.7 Å². The van der Waals surface area contributed by atoms with Crippen LogP contribution in [0.15, 0.2) is 103 Å². The Morgan fingerprint density at radius 1 is 0.257 bits per heavy atom. The summed E-state index contributed by atoms with van der Waals surface area (Å²) in [4.78, 5) is 78.3. The molecule has 6 aromatic rings. The number of amides is 4. The highest BCUT2D eigenvalue weighted by Gasteiger charge is 2.56. The summed E-state index contributed by atoms with van der Waals surface area (Å²) >= 11 is 17.6. The summed E-state index contributed by atoms with van der Waals surface area (Å²) in [5.74, 6) is 1.83. The van der Waals surface area contributed by atoms with Gasteiger partial charge in [0.2, 0.25) is 0 Å². The van der Waals surface area contributed by atoms with E-state index in [0.29, 0.717) is 72.1 Å². The van der Waals surface area contributed by atoms with Crippen molar-refractivity contribution in [1.29, 1.82) is 0 Å². The molecule has 0 spiro atoms. The summed E-state index contributed by atoms with van der Waals surface area (Å²) in [6.45, 7) is 41.8. The van der Waals surface area contributed by atoms with Crippen LogP contribution in [0.5, 0.6) is 0 Å². The van der Waals surface area contributed by atoms with E-state index in [1.165, 1.54) is 276 Å². The average molecular weight is 2100 g/mol. The maximum Gasteiger partial charge on any atom is 0.505 e. The monoisotopic (exact) mass is 2100 g/mol. The second kappa shape index (κ2) is 57.6. The Hall–Kier alpha value is -4.03. The molecule has 0 radical (unpaired) electrons. The molecule has 0 saturated carbocycles. The number of hydrogen-bond donors (Lipinski definition) is 0. The van der Waals surface area contributed by atoms with E-state index >= 15 is 19.2 Å². The highest BCUT2D eigenvalue weighted by Crippen LogP contribution is 2.54. The van der Waals surface area contributed by atoms with Gasteiger partial charge in [0.05, 0.1) is 94.6 Å². The van der Waals surface area contributed by atoms with Crippen LogP contribution in [0.2, 0.25) is 0 Å². The van der Waals surface area contributed by atoms with Crippen LogP contribution in [-0.2, 0) is 37.8 Å². The van der Waals surface area contributed by atoms with Gasteiger partial charge in [-0.15, -0.1) is 56.7 Å². The maximum atomic E-state index is 15.4. The van der Waals surface area contributed by atoms with Crippen molar-refractivity contribution in [1.82, 2.24) is 19.6 Å². The molecule has 12 nitrogen and oxygen atoms in total. The second-order valence-electron chi connectivity index (χ2n) is 42.3. The van der Waals surface area contributed by atoms with E-state index in [-0.39, 0.29) is 60.3 Å².